The van der Waals surface area contributed by atoms with Gasteiger partial charge in [-0.1, -0.05) is 0 Å². The van der Waals surface area contributed by atoms with Gasteiger partial charge in [0, 0.05) is 0 Å². The minimum absolute atomic E-state index is 0.613. The highest BCUT2D eigenvalue weighted by atomic mass is 32.3. The van der Waals surface area contributed by atoms with Crippen LogP contribution in [0, 0.1) is 0 Å². The molecular weight excluding hydrogens is 238 g/mol. The summed E-state index contributed by atoms with van der Waals surface area (Å²) >= 11 is -0.613. The topological polar surface area (TPSA) is 144 Å². The number of primary amides is 1. The molecule has 14 heavy (non-hydrogen) atoms. The van der Waals surface area contributed by atoms with Crippen molar-refractivity contribution in [1.29, 1.82) is 0 Å². The van der Waals surface area contributed by atoms with Gasteiger partial charge in [-0.2, -0.15) is 12.6 Å². The molecule has 0 radical (unpaired) electrons. The lowest BCUT2D eigenvalue weighted by Gasteiger charge is -2.17. The van der Waals surface area contributed by atoms with E-state index in [1.165, 1.54) is 0 Å². The van der Waals surface area contributed by atoms with Crippen LogP contribution in [-0.2, 0) is 30.6 Å². The molecule has 0 bridgehead atoms. The Hall–Kier alpha value is -0.810. The Labute approximate surface area is 82.7 Å². The lowest BCUT2D eigenvalue weighted by molar-refractivity contribution is -0.129. The molecule has 0 heterocycles. The van der Waals surface area contributed by atoms with Crippen LogP contribution in [0.4, 0.5) is 0 Å². The fourth-order valence-corrected chi connectivity index (χ4v) is 1.36. The molecule has 0 saturated carbocycles. The third-order valence-electron chi connectivity index (χ3n) is 1.13. The Morgan fingerprint density at radius 2 is 2.00 bits per heavy atom. The van der Waals surface area contributed by atoms with Crippen molar-refractivity contribution < 1.29 is 31.3 Å². The molecule has 8 nitrogen and oxygen atoms in total. The van der Waals surface area contributed by atoms with Crippen molar-refractivity contribution in [3.05, 3.63) is 0 Å². The van der Waals surface area contributed by atoms with Gasteiger partial charge in [0.1, 0.15) is 11.3 Å². The van der Waals surface area contributed by atoms with Gasteiger partial charge in [-0.25, -0.2) is 4.21 Å². The summed E-state index contributed by atoms with van der Waals surface area (Å²) in [6.07, 6.45) is 0. The van der Waals surface area contributed by atoms with E-state index in [4.69, 9.17) is 4.55 Å². The average molecular weight is 245 g/mol. The van der Waals surface area contributed by atoms with E-state index in [0.29, 0.717) is 0 Å². The number of hydrogen-bond acceptors (Lipinski definition) is 6. The molecule has 0 saturated heterocycles. The van der Waals surface area contributed by atoms with Crippen molar-refractivity contribution >= 4 is 32.6 Å². The first-order valence-electron chi connectivity index (χ1n) is 2.97. The normalized spacial score (nSPS) is 15.6. The van der Waals surface area contributed by atoms with Crippen LogP contribution in [-0.4, -0.2) is 38.8 Å². The van der Waals surface area contributed by atoms with E-state index in [0.717, 1.165) is 6.92 Å². The van der Waals surface area contributed by atoms with E-state index in [2.05, 4.69) is 9.92 Å². The number of amides is 1. The van der Waals surface area contributed by atoms with Crippen LogP contribution in [0.5, 0.6) is 0 Å². The number of rotatable bonds is 3. The SMILES string of the molecule is CC(O)(C(N)=O)C(OS(=O)(=O)O)=S=O. The molecule has 4 N–H and O–H groups in total. The van der Waals surface area contributed by atoms with Gasteiger partial charge in [0.25, 0.3) is 5.91 Å². The van der Waals surface area contributed by atoms with E-state index in [-0.39, 0.29) is 0 Å². The van der Waals surface area contributed by atoms with Crippen LogP contribution >= 0.6 is 0 Å². The van der Waals surface area contributed by atoms with Crippen molar-refractivity contribution in [3.8, 4) is 0 Å². The fraction of sp³-hybridized carbons (Fsp3) is 0.500. The molecule has 1 amide bonds. The second-order valence-corrected chi connectivity index (χ2v) is 3.88. The van der Waals surface area contributed by atoms with Crippen LogP contribution in [0.2, 0.25) is 0 Å². The van der Waals surface area contributed by atoms with Gasteiger partial charge < -0.3 is 10.8 Å². The van der Waals surface area contributed by atoms with Crippen LogP contribution in [0.1, 0.15) is 6.92 Å². The molecule has 0 rings (SSSR count). The summed E-state index contributed by atoms with van der Waals surface area (Å²) in [5.74, 6) is -1.39. The van der Waals surface area contributed by atoms with Crippen molar-refractivity contribution in [2.75, 3.05) is 0 Å². The number of aliphatic hydroxyl groups is 1. The van der Waals surface area contributed by atoms with Gasteiger partial charge in [0.05, 0.1) is 0 Å². The molecule has 10 heteroatoms. The smallest absolute Gasteiger partial charge is 0.373 e. The highest BCUT2D eigenvalue weighted by Gasteiger charge is 2.38. The third-order valence-corrected chi connectivity index (χ3v) is 2.25. The first kappa shape index (κ1) is 13.2. The van der Waals surface area contributed by atoms with E-state index in [1.807, 2.05) is 0 Å². The predicted octanol–water partition coefficient (Wildman–Crippen LogP) is -2.61. The molecule has 0 aliphatic heterocycles. The van der Waals surface area contributed by atoms with Crippen molar-refractivity contribution in [2.45, 2.75) is 12.5 Å². The molecule has 0 aromatic rings. The number of carbonyl (C=O) groups excluding carboxylic acids is 1. The van der Waals surface area contributed by atoms with Gasteiger partial charge in [-0.3, -0.25) is 9.35 Å². The molecule has 0 spiro atoms. The summed E-state index contributed by atoms with van der Waals surface area (Å²) < 4.78 is 42.4. The summed E-state index contributed by atoms with van der Waals surface area (Å²) in [6.45, 7) is 0.751. The molecule has 1 unspecified atom stereocenters. The van der Waals surface area contributed by atoms with Gasteiger partial charge in [0.15, 0.2) is 0 Å². The van der Waals surface area contributed by atoms with Crippen LogP contribution < -0.4 is 5.73 Å². The molecule has 82 valence electrons. The zero-order chi connectivity index (χ0) is 11.6. The van der Waals surface area contributed by atoms with Crippen molar-refractivity contribution in [1.82, 2.24) is 0 Å². The number of hydrogen-bond donors (Lipinski definition) is 3. The monoisotopic (exact) mass is 245 g/mol. The van der Waals surface area contributed by atoms with Gasteiger partial charge in [-0.15, -0.1) is 0 Å². The quantitative estimate of drug-likeness (QED) is 0.364. The predicted molar refractivity (Wildman–Crippen MR) is 45.6 cm³/mol. The Balaban J connectivity index is 5.16. The maximum Gasteiger partial charge on any atom is 0.402 e. The number of carbonyl (C=O) groups is 1. The lowest BCUT2D eigenvalue weighted by Crippen LogP contribution is -2.49. The molecular formula is C4H7NO7S2. The highest BCUT2D eigenvalue weighted by molar-refractivity contribution is 7.82. The van der Waals surface area contributed by atoms with Gasteiger partial charge in [0.2, 0.25) is 10.7 Å². The van der Waals surface area contributed by atoms with Gasteiger partial charge >= 0.3 is 10.4 Å². The zero-order valence-electron chi connectivity index (χ0n) is 6.83. The Morgan fingerprint density at radius 1 is 1.57 bits per heavy atom. The van der Waals surface area contributed by atoms with E-state index in [9.17, 15) is 22.5 Å². The summed E-state index contributed by atoms with van der Waals surface area (Å²) in [7, 11) is -4.98. The van der Waals surface area contributed by atoms with Crippen LogP contribution in [0.3, 0.4) is 0 Å². The van der Waals surface area contributed by atoms with E-state index < -0.39 is 38.2 Å². The lowest BCUT2D eigenvalue weighted by atomic mass is 10.1. The minimum atomic E-state index is -4.98. The minimum Gasteiger partial charge on any atom is -0.373 e. The third kappa shape index (κ3) is 3.51. The first-order chi connectivity index (χ1) is 6.11. The average Bonchev–Trinajstić information content (AvgIpc) is 1.97. The van der Waals surface area contributed by atoms with Crippen molar-refractivity contribution in [3.63, 3.8) is 0 Å². The largest absolute Gasteiger partial charge is 0.402 e. The van der Waals surface area contributed by atoms with Crippen LogP contribution in [0.25, 0.3) is 0 Å². The standard InChI is InChI=1S/C4H7NO7S2/c1-4(7,2(5)6)3(13-8)12-14(9,10)11/h7H,1H3,(H2,5,6)(H,9,10,11). The summed E-state index contributed by atoms with van der Waals surface area (Å²) in [6, 6.07) is 0. The zero-order valence-corrected chi connectivity index (χ0v) is 8.46. The second-order valence-electron chi connectivity index (χ2n) is 2.32. The van der Waals surface area contributed by atoms with E-state index in [1.54, 1.807) is 0 Å². The maximum absolute atomic E-state index is 10.5. The molecule has 0 aliphatic carbocycles. The Kier molecular flexibility index (Phi) is 3.91. The molecule has 1 atom stereocenters. The first-order valence-corrected chi connectivity index (χ1v) is 5.08. The second kappa shape index (κ2) is 4.14. The highest BCUT2D eigenvalue weighted by Crippen LogP contribution is 2.07. The van der Waals surface area contributed by atoms with E-state index >= 15 is 0 Å². The van der Waals surface area contributed by atoms with Crippen LogP contribution in [0.15, 0.2) is 0 Å². The molecule has 0 fully saturated rings. The van der Waals surface area contributed by atoms with Gasteiger partial charge in [-0.05, 0) is 6.92 Å². The Bertz CT molecular complexity index is 390. The summed E-state index contributed by atoms with van der Waals surface area (Å²) in [5, 5.41) is 8.01. The number of nitrogens with two attached hydrogens (primary N) is 1. The molecule has 0 aromatic carbocycles. The summed E-state index contributed by atoms with van der Waals surface area (Å²) in [4.78, 5) is 10.5. The summed E-state index contributed by atoms with van der Waals surface area (Å²) in [5.41, 5.74) is 2.07. The Morgan fingerprint density at radius 3 is 2.21 bits per heavy atom. The molecule has 0 aliphatic rings. The molecule has 0 aromatic heterocycles. The fourth-order valence-electron chi connectivity index (χ4n) is 0.372. The maximum atomic E-state index is 10.5. The van der Waals surface area contributed by atoms with Crippen molar-refractivity contribution in [2.24, 2.45) is 5.73 Å².